The van der Waals surface area contributed by atoms with E-state index >= 15 is 0 Å². The molecule has 0 fully saturated rings. The van der Waals surface area contributed by atoms with Crippen LogP contribution in [0.1, 0.15) is 395 Å². The van der Waals surface area contributed by atoms with E-state index in [1.54, 1.807) is 0 Å². The molecule has 0 aliphatic heterocycles. The van der Waals surface area contributed by atoms with Crippen molar-refractivity contribution in [3.8, 4) is 0 Å². The summed E-state index contributed by atoms with van der Waals surface area (Å²) in [5.74, 6) is 0.303. The third kappa shape index (κ3) is 69.2. The van der Waals surface area contributed by atoms with Crippen LogP contribution in [0.25, 0.3) is 0 Å². The predicted octanol–water partition coefficient (Wildman–Crippen LogP) is 22.6. The molecule has 96 heavy (non-hydrogen) atoms. The van der Waals surface area contributed by atoms with Crippen molar-refractivity contribution < 1.29 is 80.2 Å². The fourth-order valence-electron chi connectivity index (χ4n) is 11.7. The zero-order valence-electron chi connectivity index (χ0n) is 62.8. The lowest BCUT2D eigenvalue weighted by molar-refractivity contribution is -0.161. The summed E-state index contributed by atoms with van der Waals surface area (Å²) in [7, 11) is -9.90. The van der Waals surface area contributed by atoms with Gasteiger partial charge in [-0.15, -0.1) is 0 Å². The van der Waals surface area contributed by atoms with Gasteiger partial charge in [0.2, 0.25) is 0 Å². The summed E-state index contributed by atoms with van der Waals surface area (Å²) in [6, 6.07) is 0. The molecule has 3 unspecified atom stereocenters. The predicted molar refractivity (Wildman–Crippen MR) is 391 cm³/mol. The topological polar surface area (TPSA) is 237 Å². The minimum atomic E-state index is -4.96. The number of carbonyl (C=O) groups excluding carboxylic acids is 4. The van der Waals surface area contributed by atoms with E-state index in [2.05, 4.69) is 48.5 Å². The number of aliphatic hydroxyl groups excluding tert-OH is 1. The molecule has 0 bridgehead atoms. The van der Waals surface area contributed by atoms with Gasteiger partial charge in [-0.05, 0) is 43.4 Å². The number of hydrogen-bond acceptors (Lipinski definition) is 15. The number of phosphoric ester groups is 2. The summed E-state index contributed by atoms with van der Waals surface area (Å²) in [5.41, 5.74) is 0. The van der Waals surface area contributed by atoms with Crippen LogP contribution in [-0.2, 0) is 65.4 Å². The fraction of sp³-hybridized carbons (Fsp3) is 0.948. The first-order valence-electron chi connectivity index (χ1n) is 39.9. The number of ether oxygens (including phenoxy) is 4. The van der Waals surface area contributed by atoms with E-state index in [1.807, 2.05) is 0 Å². The zero-order valence-corrected chi connectivity index (χ0v) is 64.6. The Kier molecular flexibility index (Phi) is 66.2. The van der Waals surface area contributed by atoms with Crippen molar-refractivity contribution in [1.82, 2.24) is 0 Å². The van der Waals surface area contributed by atoms with Gasteiger partial charge in [0.1, 0.15) is 19.3 Å². The molecule has 0 saturated carbocycles. The average Bonchev–Trinajstić information content (AvgIpc) is 1.24. The van der Waals surface area contributed by atoms with Crippen LogP contribution in [-0.4, -0.2) is 96.7 Å². The standard InChI is InChI=1S/C77H150O17P2/c1-8-10-11-41-51-58-74(79)87-64-72(93-76(81)60-54-47-40-34-28-22-21-24-30-36-43-49-56-69(5)6)66-91-95(83,84)89-62-71(78)63-90-96(85,86)92-67-73(94-77(82)61-53-46-39-33-27-20-14-12-13-17-23-29-35-42-48-55-68(3)4)65-88-75(80)59-52-45-38-32-26-19-16-15-18-25-31-37-44-50-57-70(7)9-2/h68-73,78H,8-67H2,1-7H3,(H,83,84)(H,85,86)/t70?,71-,72+,73+/m0/s1. The summed E-state index contributed by atoms with van der Waals surface area (Å²) in [6.07, 6.45) is 54.4. The van der Waals surface area contributed by atoms with Gasteiger partial charge in [0, 0.05) is 25.7 Å². The van der Waals surface area contributed by atoms with Gasteiger partial charge < -0.3 is 33.8 Å². The quantitative estimate of drug-likeness (QED) is 0.0222. The van der Waals surface area contributed by atoms with Crippen molar-refractivity contribution in [2.24, 2.45) is 17.8 Å². The van der Waals surface area contributed by atoms with Crippen LogP contribution in [0.15, 0.2) is 0 Å². The van der Waals surface area contributed by atoms with Gasteiger partial charge in [-0.3, -0.25) is 37.3 Å². The second kappa shape index (κ2) is 67.5. The third-order valence-corrected chi connectivity index (χ3v) is 20.1. The van der Waals surface area contributed by atoms with Crippen molar-refractivity contribution in [3.63, 3.8) is 0 Å². The Bertz CT molecular complexity index is 1870. The average molecular weight is 1410 g/mol. The first kappa shape index (κ1) is 94.1. The minimum absolute atomic E-state index is 0.106. The maximum atomic E-state index is 13.1. The van der Waals surface area contributed by atoms with E-state index in [4.69, 9.17) is 37.0 Å². The monoisotopic (exact) mass is 1410 g/mol. The second-order valence-electron chi connectivity index (χ2n) is 28.9. The lowest BCUT2D eigenvalue weighted by atomic mass is 9.99. The number of esters is 4. The largest absolute Gasteiger partial charge is 0.472 e. The SMILES string of the molecule is CCCCCCCC(=O)OC[C@H](COP(=O)(O)OC[C@H](O)COP(=O)(O)OC[C@@H](COC(=O)CCCCCCCCCCCCCCCCC(C)CC)OC(=O)CCCCCCCCCCCCCCCCCC(C)C)OC(=O)CCCCCCCCCCCCCCC(C)C. The molecule has 0 amide bonds. The Morgan fingerprint density at radius 3 is 0.792 bits per heavy atom. The molecule has 0 aliphatic carbocycles. The summed E-state index contributed by atoms with van der Waals surface area (Å²) in [4.78, 5) is 72.6. The van der Waals surface area contributed by atoms with E-state index in [9.17, 15) is 43.2 Å². The highest BCUT2D eigenvalue weighted by atomic mass is 31.2. The summed E-state index contributed by atoms with van der Waals surface area (Å²) < 4.78 is 68.4. The van der Waals surface area contributed by atoms with Gasteiger partial charge in [0.25, 0.3) is 0 Å². The zero-order chi connectivity index (χ0) is 70.9. The molecule has 19 heteroatoms. The molecular formula is C77H150O17P2. The number of rotatable bonds is 75. The molecule has 0 saturated heterocycles. The van der Waals surface area contributed by atoms with Crippen LogP contribution in [0.4, 0.5) is 0 Å². The van der Waals surface area contributed by atoms with Crippen molar-refractivity contribution in [2.45, 2.75) is 414 Å². The summed E-state index contributed by atoms with van der Waals surface area (Å²) in [5, 5.41) is 10.6. The Morgan fingerprint density at radius 2 is 0.531 bits per heavy atom. The number of aliphatic hydroxyl groups is 1. The molecule has 17 nitrogen and oxygen atoms in total. The molecule has 570 valence electrons. The number of carbonyl (C=O) groups is 4. The highest BCUT2D eigenvalue weighted by Gasteiger charge is 2.30. The summed E-state index contributed by atoms with van der Waals surface area (Å²) in [6.45, 7) is 11.9. The van der Waals surface area contributed by atoms with Crippen molar-refractivity contribution in [1.29, 1.82) is 0 Å². The molecule has 0 aromatic heterocycles. The molecule has 3 N–H and O–H groups in total. The molecule has 0 heterocycles. The van der Waals surface area contributed by atoms with Crippen LogP contribution in [0, 0.1) is 17.8 Å². The first-order valence-corrected chi connectivity index (χ1v) is 42.9. The van der Waals surface area contributed by atoms with E-state index < -0.39 is 97.5 Å². The number of unbranched alkanes of at least 4 members (excludes halogenated alkanes) is 42. The lowest BCUT2D eigenvalue weighted by Gasteiger charge is -2.21. The van der Waals surface area contributed by atoms with Gasteiger partial charge in [-0.2, -0.15) is 0 Å². The normalized spacial score (nSPS) is 14.3. The molecular weight excluding hydrogens is 1260 g/mol. The summed E-state index contributed by atoms with van der Waals surface area (Å²) >= 11 is 0. The Hall–Kier alpha value is -1.94. The van der Waals surface area contributed by atoms with Gasteiger partial charge in [-0.25, -0.2) is 9.13 Å². The third-order valence-electron chi connectivity index (χ3n) is 18.2. The maximum Gasteiger partial charge on any atom is 0.472 e. The second-order valence-corrected chi connectivity index (χ2v) is 31.8. The Morgan fingerprint density at radius 1 is 0.302 bits per heavy atom. The van der Waals surface area contributed by atoms with Crippen LogP contribution in [0.5, 0.6) is 0 Å². The van der Waals surface area contributed by atoms with E-state index in [1.165, 1.54) is 199 Å². The Labute approximate surface area is 588 Å². The van der Waals surface area contributed by atoms with Crippen molar-refractivity contribution in [2.75, 3.05) is 39.6 Å². The van der Waals surface area contributed by atoms with Gasteiger partial charge >= 0.3 is 39.5 Å². The number of hydrogen-bond donors (Lipinski definition) is 3. The molecule has 0 spiro atoms. The van der Waals surface area contributed by atoms with Gasteiger partial charge in [0.05, 0.1) is 26.4 Å². The van der Waals surface area contributed by atoms with Crippen molar-refractivity contribution >= 4 is 39.5 Å². The van der Waals surface area contributed by atoms with Crippen LogP contribution in [0.2, 0.25) is 0 Å². The highest BCUT2D eigenvalue weighted by molar-refractivity contribution is 7.47. The molecule has 0 aromatic carbocycles. The first-order chi connectivity index (χ1) is 46.3. The van der Waals surface area contributed by atoms with Crippen LogP contribution in [0.3, 0.4) is 0 Å². The fourth-order valence-corrected chi connectivity index (χ4v) is 13.3. The molecule has 0 aromatic rings. The highest BCUT2D eigenvalue weighted by Crippen LogP contribution is 2.45. The van der Waals surface area contributed by atoms with E-state index in [0.717, 1.165) is 114 Å². The van der Waals surface area contributed by atoms with Gasteiger partial charge in [0.15, 0.2) is 12.2 Å². The lowest BCUT2D eigenvalue weighted by Crippen LogP contribution is -2.30. The molecule has 0 rings (SSSR count). The van der Waals surface area contributed by atoms with E-state index in [0.29, 0.717) is 25.7 Å². The minimum Gasteiger partial charge on any atom is -0.462 e. The maximum absolute atomic E-state index is 13.1. The van der Waals surface area contributed by atoms with Crippen LogP contribution < -0.4 is 0 Å². The smallest absolute Gasteiger partial charge is 0.462 e. The molecule has 0 radical (unpaired) electrons. The van der Waals surface area contributed by atoms with Crippen molar-refractivity contribution in [3.05, 3.63) is 0 Å². The van der Waals surface area contributed by atoms with Gasteiger partial charge in [-0.1, -0.05) is 344 Å². The number of phosphoric acid groups is 2. The van der Waals surface area contributed by atoms with E-state index in [-0.39, 0.29) is 25.7 Å². The molecule has 0 aliphatic rings. The Balaban J connectivity index is 5.14. The van der Waals surface area contributed by atoms with Crippen LogP contribution >= 0.6 is 15.6 Å². The molecule has 6 atom stereocenters.